The van der Waals surface area contributed by atoms with Gasteiger partial charge in [0.25, 0.3) is 0 Å². The fourth-order valence-corrected chi connectivity index (χ4v) is 1.78. The maximum Gasteiger partial charge on any atom is 0.199 e. The lowest BCUT2D eigenvalue weighted by molar-refractivity contribution is 0.310. The topological polar surface area (TPSA) is 95.7 Å². The zero-order valence-corrected chi connectivity index (χ0v) is 9.44. The maximum atomic E-state index is 5.58. The first-order valence-electron chi connectivity index (χ1n) is 4.45. The van der Waals surface area contributed by atoms with E-state index in [2.05, 4.69) is 31.7 Å². The largest absolute Gasteiger partial charge is 0.379 e. The minimum atomic E-state index is 0.204. The molecule has 0 amide bonds. The molecule has 2 rings (SSSR count). The average molecular weight is 238 g/mol. The molecule has 84 valence electrons. The van der Waals surface area contributed by atoms with Gasteiger partial charge in [-0.25, -0.2) is 4.63 Å². The van der Waals surface area contributed by atoms with Crippen molar-refractivity contribution in [3.63, 3.8) is 0 Å². The molecule has 2 aromatic heterocycles. The molecule has 16 heavy (non-hydrogen) atoms. The smallest absolute Gasteiger partial charge is 0.199 e. The van der Waals surface area contributed by atoms with Gasteiger partial charge in [0.15, 0.2) is 22.5 Å². The molecule has 0 saturated carbocycles. The van der Waals surface area contributed by atoms with Gasteiger partial charge in [-0.3, -0.25) is 0 Å². The molecule has 0 fully saturated rings. The monoisotopic (exact) mass is 238 g/mol. The lowest BCUT2D eigenvalue weighted by Gasteiger charge is -1.99. The molecular formula is C8H10N6OS. The van der Waals surface area contributed by atoms with E-state index in [1.807, 2.05) is 7.05 Å². The van der Waals surface area contributed by atoms with E-state index in [1.165, 1.54) is 11.8 Å². The van der Waals surface area contributed by atoms with Gasteiger partial charge in [-0.1, -0.05) is 17.8 Å². The molecule has 0 aromatic carbocycles. The lowest BCUT2D eigenvalue weighted by atomic mass is 10.4. The van der Waals surface area contributed by atoms with Crippen LogP contribution in [-0.4, -0.2) is 30.8 Å². The predicted octanol–water partition coefficient (Wildman–Crippen LogP) is 0.725. The molecule has 0 aliphatic heterocycles. The van der Waals surface area contributed by atoms with Crippen LogP contribution in [0.2, 0.25) is 0 Å². The van der Waals surface area contributed by atoms with E-state index in [0.29, 0.717) is 11.5 Å². The number of nitrogens with zero attached hydrogens (tertiary/aromatic N) is 5. The Kier molecular flexibility index (Phi) is 2.91. The van der Waals surface area contributed by atoms with Gasteiger partial charge in [-0.2, -0.15) is 0 Å². The zero-order chi connectivity index (χ0) is 11.5. The van der Waals surface area contributed by atoms with E-state index in [-0.39, 0.29) is 5.82 Å². The molecule has 0 aliphatic rings. The molecule has 0 unspecified atom stereocenters. The standard InChI is InChI=1S/C8H10N6OS/c1-3-4-16-8-11-10-7(14(8)2)5-6(9)13-15-12-5/h3H,1,4H2,2H3,(H2,9,13). The predicted molar refractivity (Wildman–Crippen MR) is 59.6 cm³/mol. The highest BCUT2D eigenvalue weighted by atomic mass is 32.2. The average Bonchev–Trinajstić information content (AvgIpc) is 2.83. The van der Waals surface area contributed by atoms with Gasteiger partial charge in [0.05, 0.1) is 0 Å². The fourth-order valence-electron chi connectivity index (χ4n) is 1.13. The van der Waals surface area contributed by atoms with Crippen LogP contribution in [0.4, 0.5) is 5.82 Å². The van der Waals surface area contributed by atoms with Crippen molar-refractivity contribution in [1.29, 1.82) is 0 Å². The number of nitrogens with two attached hydrogens (primary N) is 1. The molecule has 2 aromatic rings. The molecule has 0 atom stereocenters. The molecule has 0 spiro atoms. The molecule has 0 bridgehead atoms. The van der Waals surface area contributed by atoms with Crippen molar-refractivity contribution in [2.75, 3.05) is 11.5 Å². The Morgan fingerprint density at radius 1 is 1.50 bits per heavy atom. The van der Waals surface area contributed by atoms with Gasteiger partial charge in [-0.15, -0.1) is 16.8 Å². The highest BCUT2D eigenvalue weighted by Gasteiger charge is 2.17. The van der Waals surface area contributed by atoms with Crippen LogP contribution in [-0.2, 0) is 7.05 Å². The summed E-state index contributed by atoms with van der Waals surface area (Å²) in [6.07, 6.45) is 1.80. The number of hydrogen-bond donors (Lipinski definition) is 1. The molecule has 2 heterocycles. The van der Waals surface area contributed by atoms with E-state index in [4.69, 9.17) is 5.73 Å². The lowest BCUT2D eigenvalue weighted by Crippen LogP contribution is -1.97. The summed E-state index contributed by atoms with van der Waals surface area (Å²) in [6.45, 7) is 3.64. The summed E-state index contributed by atoms with van der Waals surface area (Å²) in [4.78, 5) is 0. The third-order valence-corrected chi connectivity index (χ3v) is 2.91. The zero-order valence-electron chi connectivity index (χ0n) is 8.62. The second-order valence-corrected chi connectivity index (χ2v) is 3.95. The van der Waals surface area contributed by atoms with E-state index in [1.54, 1.807) is 10.6 Å². The van der Waals surface area contributed by atoms with Crippen LogP contribution in [0.3, 0.4) is 0 Å². The number of anilines is 1. The van der Waals surface area contributed by atoms with Gasteiger partial charge in [0.2, 0.25) is 0 Å². The number of thioether (sulfide) groups is 1. The Labute approximate surface area is 95.7 Å². The summed E-state index contributed by atoms with van der Waals surface area (Å²) in [7, 11) is 1.83. The van der Waals surface area contributed by atoms with E-state index >= 15 is 0 Å². The Morgan fingerprint density at radius 2 is 2.31 bits per heavy atom. The second-order valence-electron chi connectivity index (χ2n) is 2.96. The molecule has 0 saturated heterocycles. The SMILES string of the molecule is C=CCSc1nnc(-c2nonc2N)n1C. The Bertz CT molecular complexity index is 504. The van der Waals surface area contributed by atoms with Gasteiger partial charge < -0.3 is 10.3 Å². The summed E-state index contributed by atoms with van der Waals surface area (Å²) in [5.41, 5.74) is 5.98. The summed E-state index contributed by atoms with van der Waals surface area (Å²) in [6, 6.07) is 0. The normalized spacial score (nSPS) is 10.6. The summed E-state index contributed by atoms with van der Waals surface area (Å²) in [5, 5.41) is 15.9. The third kappa shape index (κ3) is 1.78. The van der Waals surface area contributed by atoms with E-state index in [9.17, 15) is 0 Å². The fraction of sp³-hybridized carbons (Fsp3) is 0.250. The Balaban J connectivity index is 2.33. The summed E-state index contributed by atoms with van der Waals surface area (Å²) in [5.74, 6) is 1.50. The molecule has 0 radical (unpaired) electrons. The van der Waals surface area contributed by atoms with Crippen molar-refractivity contribution < 1.29 is 4.63 Å². The minimum absolute atomic E-state index is 0.204. The maximum absolute atomic E-state index is 5.58. The van der Waals surface area contributed by atoms with Gasteiger partial charge in [0.1, 0.15) is 0 Å². The Hall–Kier alpha value is -1.83. The van der Waals surface area contributed by atoms with Crippen LogP contribution in [0.15, 0.2) is 22.4 Å². The van der Waals surface area contributed by atoms with Crippen molar-refractivity contribution in [2.24, 2.45) is 7.05 Å². The van der Waals surface area contributed by atoms with Crippen LogP contribution in [0.1, 0.15) is 0 Å². The summed E-state index contributed by atoms with van der Waals surface area (Å²) < 4.78 is 6.30. The van der Waals surface area contributed by atoms with Gasteiger partial charge in [-0.05, 0) is 10.3 Å². The van der Waals surface area contributed by atoms with Crippen LogP contribution >= 0.6 is 11.8 Å². The second kappa shape index (κ2) is 4.35. The van der Waals surface area contributed by atoms with Gasteiger partial charge in [0, 0.05) is 12.8 Å². The first kappa shape index (κ1) is 10.7. The third-order valence-electron chi connectivity index (χ3n) is 1.89. The van der Waals surface area contributed by atoms with Crippen molar-refractivity contribution in [1.82, 2.24) is 25.1 Å². The van der Waals surface area contributed by atoms with Crippen molar-refractivity contribution in [3.8, 4) is 11.5 Å². The van der Waals surface area contributed by atoms with E-state index < -0.39 is 0 Å². The first-order valence-corrected chi connectivity index (χ1v) is 5.44. The number of nitrogen functional groups attached to an aromatic ring is 1. The molecule has 2 N–H and O–H groups in total. The number of hydrogen-bond acceptors (Lipinski definition) is 7. The van der Waals surface area contributed by atoms with Crippen LogP contribution < -0.4 is 5.73 Å². The minimum Gasteiger partial charge on any atom is -0.379 e. The molecule has 0 aliphatic carbocycles. The molecule has 8 heteroatoms. The number of aromatic nitrogens is 5. The molecular weight excluding hydrogens is 228 g/mol. The Morgan fingerprint density at radius 3 is 2.94 bits per heavy atom. The van der Waals surface area contributed by atoms with Crippen LogP contribution in [0, 0.1) is 0 Å². The van der Waals surface area contributed by atoms with Crippen LogP contribution in [0.5, 0.6) is 0 Å². The molecule has 7 nitrogen and oxygen atoms in total. The highest BCUT2D eigenvalue weighted by molar-refractivity contribution is 7.99. The van der Waals surface area contributed by atoms with Crippen molar-refractivity contribution in [2.45, 2.75) is 5.16 Å². The van der Waals surface area contributed by atoms with Crippen molar-refractivity contribution in [3.05, 3.63) is 12.7 Å². The quantitative estimate of drug-likeness (QED) is 0.619. The van der Waals surface area contributed by atoms with Crippen molar-refractivity contribution >= 4 is 17.6 Å². The van der Waals surface area contributed by atoms with Crippen LogP contribution in [0.25, 0.3) is 11.5 Å². The van der Waals surface area contributed by atoms with Gasteiger partial charge >= 0.3 is 0 Å². The number of rotatable bonds is 4. The van der Waals surface area contributed by atoms with E-state index in [0.717, 1.165) is 10.9 Å². The highest BCUT2D eigenvalue weighted by Crippen LogP contribution is 2.23. The summed E-state index contributed by atoms with van der Waals surface area (Å²) >= 11 is 1.52. The first-order chi connectivity index (χ1) is 7.74.